The molecule has 0 unspecified atom stereocenters. The van der Waals surface area contributed by atoms with Gasteiger partial charge in [0.25, 0.3) is 0 Å². The number of aromatic nitrogens is 2. The van der Waals surface area contributed by atoms with Gasteiger partial charge in [0.2, 0.25) is 0 Å². The van der Waals surface area contributed by atoms with Crippen LogP contribution in [0.3, 0.4) is 0 Å². The molecule has 0 aliphatic rings. The van der Waals surface area contributed by atoms with Crippen LogP contribution < -0.4 is 5.73 Å². The van der Waals surface area contributed by atoms with Crippen molar-refractivity contribution in [3.63, 3.8) is 0 Å². The zero-order valence-corrected chi connectivity index (χ0v) is 10.0. The van der Waals surface area contributed by atoms with Crippen LogP contribution in [0.15, 0.2) is 28.9 Å². The third-order valence-corrected chi connectivity index (χ3v) is 3.88. The van der Waals surface area contributed by atoms with Gasteiger partial charge in [-0.25, -0.2) is 9.37 Å². The monoisotopic (exact) mass is 255 g/mol. The third kappa shape index (κ3) is 2.78. The average molecular weight is 255 g/mol. The second-order valence-corrected chi connectivity index (χ2v) is 5.13. The fraction of sp³-hybridized carbons (Fsp3) is 0.200. The lowest BCUT2D eigenvalue weighted by atomic mass is 10.1. The van der Waals surface area contributed by atoms with E-state index in [1.165, 1.54) is 35.7 Å². The van der Waals surface area contributed by atoms with Crippen molar-refractivity contribution in [3.05, 3.63) is 41.5 Å². The Morgan fingerprint density at radius 3 is 3.00 bits per heavy atom. The molecule has 0 radical (unpaired) electrons. The number of rotatable bonds is 4. The first-order chi connectivity index (χ1) is 7.79. The number of hydrogen-bond donors (Lipinski definition) is 1. The second kappa shape index (κ2) is 5.38. The predicted octanol–water partition coefficient (Wildman–Crippen LogP) is 2.43. The minimum atomic E-state index is -0.200. The average Bonchev–Trinajstić information content (AvgIpc) is 2.81. The van der Waals surface area contributed by atoms with Crippen molar-refractivity contribution in [2.75, 3.05) is 0 Å². The zero-order chi connectivity index (χ0) is 11.4. The lowest BCUT2D eigenvalue weighted by Gasteiger charge is -2.03. The van der Waals surface area contributed by atoms with Crippen molar-refractivity contribution in [2.45, 2.75) is 16.6 Å². The van der Waals surface area contributed by atoms with Crippen molar-refractivity contribution in [1.29, 1.82) is 0 Å². The Bertz CT molecular complexity index is 459. The van der Waals surface area contributed by atoms with Crippen LogP contribution in [0, 0.1) is 5.82 Å². The molecule has 3 nitrogen and oxygen atoms in total. The molecule has 1 aromatic carbocycles. The largest absolute Gasteiger partial charge is 0.326 e. The maximum Gasteiger partial charge on any atom is 0.170 e. The summed E-state index contributed by atoms with van der Waals surface area (Å²) in [5.41, 5.74) is 7.10. The Morgan fingerprint density at radius 1 is 1.44 bits per heavy atom. The van der Waals surface area contributed by atoms with Gasteiger partial charge in [-0.3, -0.25) is 0 Å². The zero-order valence-electron chi connectivity index (χ0n) is 8.39. The van der Waals surface area contributed by atoms with Gasteiger partial charge in [-0.1, -0.05) is 23.9 Å². The van der Waals surface area contributed by atoms with Crippen LogP contribution in [-0.2, 0) is 12.3 Å². The molecule has 2 aromatic rings. The Balaban J connectivity index is 2.08. The van der Waals surface area contributed by atoms with E-state index in [1.807, 2.05) is 0 Å². The minimum absolute atomic E-state index is 0.200. The number of nitrogens with two attached hydrogens (primary N) is 1. The highest BCUT2D eigenvalue weighted by molar-refractivity contribution is 8.00. The van der Waals surface area contributed by atoms with Gasteiger partial charge in [0.1, 0.15) is 12.1 Å². The molecule has 16 heavy (non-hydrogen) atoms. The normalized spacial score (nSPS) is 10.6. The molecule has 2 rings (SSSR count). The molecule has 0 saturated carbocycles. The van der Waals surface area contributed by atoms with Crippen molar-refractivity contribution in [1.82, 2.24) is 9.36 Å². The van der Waals surface area contributed by atoms with Crippen LogP contribution in [0.1, 0.15) is 11.1 Å². The van der Waals surface area contributed by atoms with Crippen molar-refractivity contribution in [3.8, 4) is 0 Å². The number of thioether (sulfide) groups is 1. The first kappa shape index (κ1) is 11.5. The number of hydrogen-bond acceptors (Lipinski definition) is 5. The maximum absolute atomic E-state index is 13.4. The Morgan fingerprint density at radius 2 is 2.31 bits per heavy atom. The summed E-state index contributed by atoms with van der Waals surface area (Å²) in [5.74, 6) is 0.351. The molecule has 0 aliphatic heterocycles. The van der Waals surface area contributed by atoms with E-state index in [-0.39, 0.29) is 5.82 Å². The Kier molecular flexibility index (Phi) is 3.87. The van der Waals surface area contributed by atoms with Gasteiger partial charge >= 0.3 is 0 Å². The molecule has 84 valence electrons. The quantitative estimate of drug-likeness (QED) is 0.852. The van der Waals surface area contributed by atoms with Crippen LogP contribution >= 0.6 is 23.3 Å². The molecule has 2 N–H and O–H groups in total. The van der Waals surface area contributed by atoms with E-state index in [0.29, 0.717) is 17.9 Å². The summed E-state index contributed by atoms with van der Waals surface area (Å²) >= 11 is 2.79. The van der Waals surface area contributed by atoms with E-state index in [9.17, 15) is 4.39 Å². The van der Waals surface area contributed by atoms with E-state index in [0.717, 1.165) is 9.90 Å². The van der Waals surface area contributed by atoms with E-state index < -0.39 is 0 Å². The van der Waals surface area contributed by atoms with Crippen LogP contribution in [0.4, 0.5) is 4.39 Å². The van der Waals surface area contributed by atoms with Crippen LogP contribution in [0.5, 0.6) is 0 Å². The van der Waals surface area contributed by atoms with Gasteiger partial charge < -0.3 is 5.73 Å². The lowest BCUT2D eigenvalue weighted by Crippen LogP contribution is -1.98. The third-order valence-electron chi connectivity index (χ3n) is 2.04. The standard InChI is InChI=1S/C10H10FN3S2/c11-9-2-1-7(4-12)3-8(9)5-15-10-13-6-14-16-10/h1-3,6H,4-5,12H2. The van der Waals surface area contributed by atoms with Crippen molar-refractivity contribution >= 4 is 23.3 Å². The highest BCUT2D eigenvalue weighted by Gasteiger charge is 2.05. The maximum atomic E-state index is 13.4. The van der Waals surface area contributed by atoms with E-state index in [2.05, 4.69) is 9.36 Å². The summed E-state index contributed by atoms with van der Waals surface area (Å²) < 4.78 is 18.2. The van der Waals surface area contributed by atoms with Crippen LogP contribution in [0.25, 0.3) is 0 Å². The van der Waals surface area contributed by atoms with Gasteiger partial charge in [-0.15, -0.1) is 0 Å². The SMILES string of the molecule is NCc1ccc(F)c(CSc2ncns2)c1. The summed E-state index contributed by atoms with van der Waals surface area (Å²) in [5, 5.41) is 0. The topological polar surface area (TPSA) is 51.8 Å². The van der Waals surface area contributed by atoms with Gasteiger partial charge in [0, 0.05) is 12.3 Å². The summed E-state index contributed by atoms with van der Waals surface area (Å²) in [7, 11) is 0. The molecular formula is C10H10FN3S2. The Hall–Kier alpha value is -0.980. The van der Waals surface area contributed by atoms with Crippen molar-refractivity contribution < 1.29 is 4.39 Å². The molecule has 1 heterocycles. The fourth-order valence-corrected chi connectivity index (χ4v) is 2.65. The minimum Gasteiger partial charge on any atom is -0.326 e. The molecule has 0 saturated heterocycles. The van der Waals surface area contributed by atoms with Gasteiger partial charge in [-0.2, -0.15) is 4.37 Å². The Labute approximate surface area is 101 Å². The number of benzene rings is 1. The lowest BCUT2D eigenvalue weighted by molar-refractivity contribution is 0.616. The molecule has 0 fully saturated rings. The highest BCUT2D eigenvalue weighted by Crippen LogP contribution is 2.24. The van der Waals surface area contributed by atoms with Crippen LogP contribution in [0.2, 0.25) is 0 Å². The van der Waals surface area contributed by atoms with E-state index in [4.69, 9.17) is 5.73 Å². The van der Waals surface area contributed by atoms with Gasteiger partial charge in [-0.05, 0) is 28.7 Å². The molecular weight excluding hydrogens is 245 g/mol. The van der Waals surface area contributed by atoms with Crippen molar-refractivity contribution in [2.24, 2.45) is 5.73 Å². The number of nitrogens with zero attached hydrogens (tertiary/aromatic N) is 2. The van der Waals surface area contributed by atoms with Gasteiger partial charge in [0.15, 0.2) is 4.34 Å². The first-order valence-electron chi connectivity index (χ1n) is 4.66. The molecule has 0 spiro atoms. The summed E-state index contributed by atoms with van der Waals surface area (Å²) in [6, 6.07) is 4.95. The summed E-state index contributed by atoms with van der Waals surface area (Å²) in [6.45, 7) is 0.427. The number of halogens is 1. The molecule has 6 heteroatoms. The highest BCUT2D eigenvalue weighted by atomic mass is 32.2. The molecule has 0 bridgehead atoms. The fourth-order valence-electron chi connectivity index (χ4n) is 1.23. The second-order valence-electron chi connectivity index (χ2n) is 3.13. The summed E-state index contributed by atoms with van der Waals surface area (Å²) in [4.78, 5) is 4.03. The van der Waals surface area contributed by atoms with Gasteiger partial charge in [0.05, 0.1) is 0 Å². The predicted molar refractivity (Wildman–Crippen MR) is 63.8 cm³/mol. The smallest absolute Gasteiger partial charge is 0.170 e. The summed E-state index contributed by atoms with van der Waals surface area (Å²) in [6.07, 6.45) is 1.50. The molecule has 1 aromatic heterocycles. The van der Waals surface area contributed by atoms with E-state index in [1.54, 1.807) is 12.1 Å². The first-order valence-corrected chi connectivity index (χ1v) is 6.42. The van der Waals surface area contributed by atoms with Crippen LogP contribution in [-0.4, -0.2) is 9.36 Å². The molecule has 0 aliphatic carbocycles. The van der Waals surface area contributed by atoms with E-state index >= 15 is 0 Å². The molecule has 0 amide bonds. The molecule has 0 atom stereocenters.